The summed E-state index contributed by atoms with van der Waals surface area (Å²) in [5, 5.41) is 2.90. The summed E-state index contributed by atoms with van der Waals surface area (Å²) in [4.78, 5) is 11.8. The summed E-state index contributed by atoms with van der Waals surface area (Å²) in [6.45, 7) is 0. The van der Waals surface area contributed by atoms with Crippen molar-refractivity contribution in [1.29, 1.82) is 0 Å². The van der Waals surface area contributed by atoms with Crippen LogP contribution in [-0.2, 0) is 0 Å². The van der Waals surface area contributed by atoms with Crippen LogP contribution in [0.1, 0.15) is 10.4 Å². The summed E-state index contributed by atoms with van der Waals surface area (Å²) in [5.41, 5.74) is 0.257. The molecule has 0 aliphatic carbocycles. The van der Waals surface area contributed by atoms with Gasteiger partial charge in [0.2, 0.25) is 0 Å². The van der Waals surface area contributed by atoms with E-state index in [-0.39, 0.29) is 16.3 Å². The Morgan fingerprint density at radius 3 is 2.16 bits per heavy atom. The molecule has 2 aromatic carbocycles. The zero-order chi connectivity index (χ0) is 14.0. The number of carbonyl (C=O) groups excluding carboxylic acids is 1. The highest BCUT2D eigenvalue weighted by atomic mass is 35.5. The molecule has 0 aromatic heterocycles. The summed E-state index contributed by atoms with van der Waals surface area (Å²) >= 11 is 11.5. The number of anilines is 1. The molecular weight excluding hydrogens is 295 g/mol. The topological polar surface area (TPSA) is 29.1 Å². The molecule has 2 rings (SSSR count). The second-order valence-electron chi connectivity index (χ2n) is 3.74. The van der Waals surface area contributed by atoms with Gasteiger partial charge in [-0.15, -0.1) is 0 Å². The minimum Gasteiger partial charge on any atom is -0.322 e. The van der Waals surface area contributed by atoms with Crippen LogP contribution in [0.2, 0.25) is 10.0 Å². The number of rotatable bonds is 2. The first kappa shape index (κ1) is 13.8. The highest BCUT2D eigenvalue weighted by Gasteiger charge is 2.09. The van der Waals surface area contributed by atoms with E-state index in [2.05, 4.69) is 5.32 Å². The Bertz CT molecular complexity index is 626. The molecule has 0 atom stereocenters. The Hall–Kier alpha value is -1.65. The fourth-order valence-corrected chi connectivity index (χ4v) is 1.76. The molecule has 0 bridgehead atoms. The van der Waals surface area contributed by atoms with E-state index in [1.54, 1.807) is 0 Å². The summed E-state index contributed by atoms with van der Waals surface area (Å²) < 4.78 is 25.9. The molecule has 98 valence electrons. The van der Waals surface area contributed by atoms with Crippen LogP contribution in [0.15, 0.2) is 36.4 Å². The molecule has 2 aromatic rings. The van der Waals surface area contributed by atoms with Crippen molar-refractivity contribution in [3.05, 3.63) is 63.6 Å². The lowest BCUT2D eigenvalue weighted by Gasteiger charge is -2.06. The predicted octanol–water partition coefficient (Wildman–Crippen LogP) is 4.52. The Kier molecular flexibility index (Phi) is 4.02. The normalized spacial score (nSPS) is 10.3. The maximum absolute atomic E-state index is 13.0. The molecule has 19 heavy (non-hydrogen) atoms. The van der Waals surface area contributed by atoms with Crippen LogP contribution in [0.5, 0.6) is 0 Å². The standard InChI is InChI=1S/C13H7Cl2F2NO/c14-11-2-1-7(3-12(11)15)13(19)18-10-5-8(16)4-9(17)6-10/h1-6H,(H,18,19). The van der Waals surface area contributed by atoms with Gasteiger partial charge in [0.25, 0.3) is 5.91 Å². The zero-order valence-electron chi connectivity index (χ0n) is 9.38. The molecule has 0 spiro atoms. The second-order valence-corrected chi connectivity index (χ2v) is 4.56. The first-order valence-electron chi connectivity index (χ1n) is 5.18. The van der Waals surface area contributed by atoms with Crippen LogP contribution in [-0.4, -0.2) is 5.91 Å². The molecule has 0 heterocycles. The van der Waals surface area contributed by atoms with Gasteiger partial charge < -0.3 is 5.32 Å². The van der Waals surface area contributed by atoms with Crippen LogP contribution in [0.3, 0.4) is 0 Å². The van der Waals surface area contributed by atoms with E-state index in [0.717, 1.165) is 18.2 Å². The highest BCUT2D eigenvalue weighted by molar-refractivity contribution is 6.42. The molecule has 0 radical (unpaired) electrons. The second kappa shape index (κ2) is 5.55. The van der Waals surface area contributed by atoms with Crippen molar-refractivity contribution in [1.82, 2.24) is 0 Å². The number of halogens is 4. The zero-order valence-corrected chi connectivity index (χ0v) is 10.9. The fraction of sp³-hybridized carbons (Fsp3) is 0. The number of nitrogens with one attached hydrogen (secondary N) is 1. The van der Waals surface area contributed by atoms with Gasteiger partial charge in [-0.2, -0.15) is 0 Å². The lowest BCUT2D eigenvalue weighted by Crippen LogP contribution is -2.12. The Morgan fingerprint density at radius 2 is 1.58 bits per heavy atom. The van der Waals surface area contributed by atoms with Crippen molar-refractivity contribution in [2.45, 2.75) is 0 Å². The maximum Gasteiger partial charge on any atom is 0.255 e. The van der Waals surface area contributed by atoms with Gasteiger partial charge in [-0.3, -0.25) is 4.79 Å². The van der Waals surface area contributed by atoms with E-state index >= 15 is 0 Å². The van der Waals surface area contributed by atoms with Gasteiger partial charge in [0, 0.05) is 17.3 Å². The molecule has 0 aliphatic rings. The number of hydrogen-bond acceptors (Lipinski definition) is 1. The van der Waals surface area contributed by atoms with Gasteiger partial charge in [-0.1, -0.05) is 23.2 Å². The Balaban J connectivity index is 2.22. The molecule has 1 amide bonds. The minimum absolute atomic E-state index is 0.0218. The smallest absolute Gasteiger partial charge is 0.255 e. The quantitative estimate of drug-likeness (QED) is 0.868. The molecule has 0 saturated carbocycles. The van der Waals surface area contributed by atoms with Gasteiger partial charge >= 0.3 is 0 Å². The average Bonchev–Trinajstić information content (AvgIpc) is 2.31. The SMILES string of the molecule is O=C(Nc1cc(F)cc(F)c1)c1ccc(Cl)c(Cl)c1. The van der Waals surface area contributed by atoms with Crippen molar-refractivity contribution < 1.29 is 13.6 Å². The first-order valence-corrected chi connectivity index (χ1v) is 5.94. The largest absolute Gasteiger partial charge is 0.322 e. The van der Waals surface area contributed by atoms with Crippen LogP contribution in [0.4, 0.5) is 14.5 Å². The molecule has 2 nitrogen and oxygen atoms in total. The highest BCUT2D eigenvalue weighted by Crippen LogP contribution is 2.23. The molecule has 0 saturated heterocycles. The Labute approximate surface area is 118 Å². The van der Waals surface area contributed by atoms with Crippen LogP contribution in [0, 0.1) is 11.6 Å². The summed E-state index contributed by atoms with van der Waals surface area (Å²) in [7, 11) is 0. The third-order valence-electron chi connectivity index (χ3n) is 2.30. The molecule has 6 heteroatoms. The van der Waals surface area contributed by atoms with E-state index in [9.17, 15) is 13.6 Å². The summed E-state index contributed by atoms with van der Waals surface area (Å²) in [6, 6.07) is 7.03. The predicted molar refractivity (Wildman–Crippen MR) is 70.8 cm³/mol. The third-order valence-corrected chi connectivity index (χ3v) is 3.04. The first-order chi connectivity index (χ1) is 8.95. The number of carbonyl (C=O) groups is 1. The van der Waals surface area contributed by atoms with E-state index < -0.39 is 17.5 Å². The van der Waals surface area contributed by atoms with Gasteiger partial charge in [0.05, 0.1) is 10.0 Å². The lowest BCUT2D eigenvalue weighted by molar-refractivity contribution is 0.102. The van der Waals surface area contributed by atoms with Gasteiger partial charge in [0.15, 0.2) is 0 Å². The van der Waals surface area contributed by atoms with E-state index in [1.165, 1.54) is 18.2 Å². The Morgan fingerprint density at radius 1 is 0.947 bits per heavy atom. The monoisotopic (exact) mass is 301 g/mol. The van der Waals surface area contributed by atoms with Crippen LogP contribution >= 0.6 is 23.2 Å². The van der Waals surface area contributed by atoms with Crippen molar-refractivity contribution >= 4 is 34.8 Å². The van der Waals surface area contributed by atoms with Crippen LogP contribution < -0.4 is 5.32 Å². The van der Waals surface area contributed by atoms with Crippen molar-refractivity contribution in [3.63, 3.8) is 0 Å². The molecule has 0 aliphatic heterocycles. The third kappa shape index (κ3) is 3.43. The van der Waals surface area contributed by atoms with Gasteiger partial charge in [-0.25, -0.2) is 8.78 Å². The molecular formula is C13H7Cl2F2NO. The summed E-state index contributed by atoms with van der Waals surface area (Å²) in [6.07, 6.45) is 0. The molecule has 1 N–H and O–H groups in total. The lowest BCUT2D eigenvalue weighted by atomic mass is 10.2. The molecule has 0 fully saturated rings. The molecule has 0 unspecified atom stereocenters. The fourth-order valence-electron chi connectivity index (χ4n) is 1.47. The van der Waals surface area contributed by atoms with E-state index in [1.807, 2.05) is 0 Å². The average molecular weight is 302 g/mol. The van der Waals surface area contributed by atoms with E-state index in [4.69, 9.17) is 23.2 Å². The maximum atomic E-state index is 13.0. The van der Waals surface area contributed by atoms with Crippen LogP contribution in [0.25, 0.3) is 0 Å². The van der Waals surface area contributed by atoms with Crippen molar-refractivity contribution in [2.75, 3.05) is 5.32 Å². The number of hydrogen-bond donors (Lipinski definition) is 1. The number of amides is 1. The van der Waals surface area contributed by atoms with Gasteiger partial charge in [0.1, 0.15) is 11.6 Å². The van der Waals surface area contributed by atoms with Crippen molar-refractivity contribution in [2.24, 2.45) is 0 Å². The van der Waals surface area contributed by atoms with E-state index in [0.29, 0.717) is 5.02 Å². The summed E-state index contributed by atoms with van der Waals surface area (Å²) in [5.74, 6) is -2.09. The number of benzene rings is 2. The minimum atomic E-state index is -0.774. The van der Waals surface area contributed by atoms with Gasteiger partial charge in [-0.05, 0) is 30.3 Å². The van der Waals surface area contributed by atoms with Crippen molar-refractivity contribution in [3.8, 4) is 0 Å².